The summed E-state index contributed by atoms with van der Waals surface area (Å²) in [6, 6.07) is 8.86. The number of aryl methyl sites for hydroxylation is 1. The third-order valence-electron chi connectivity index (χ3n) is 5.77. The Morgan fingerprint density at radius 3 is 2.41 bits per heavy atom. The van der Waals surface area contributed by atoms with Crippen molar-refractivity contribution in [2.75, 3.05) is 17.2 Å². The number of amides is 2. The van der Waals surface area contributed by atoms with Crippen molar-refractivity contribution in [3.8, 4) is 11.5 Å². The van der Waals surface area contributed by atoms with Crippen LogP contribution in [0.3, 0.4) is 0 Å². The Morgan fingerprint density at radius 1 is 0.973 bits per heavy atom. The number of ether oxygens (including phenoxy) is 1. The molecular formula is C26H22F5N3O3. The molecule has 1 fully saturated rings. The quantitative estimate of drug-likeness (QED) is 0.348. The van der Waals surface area contributed by atoms with Crippen molar-refractivity contribution in [2.24, 2.45) is 0 Å². The number of hydrogen-bond donors (Lipinski definition) is 3. The zero-order valence-electron chi connectivity index (χ0n) is 19.5. The molecule has 3 aromatic carbocycles. The van der Waals surface area contributed by atoms with Gasteiger partial charge in [-0.05, 0) is 86.5 Å². The van der Waals surface area contributed by atoms with Crippen molar-refractivity contribution in [1.29, 1.82) is 0 Å². The van der Waals surface area contributed by atoms with Crippen LogP contribution in [0.5, 0.6) is 11.5 Å². The molecule has 6 nitrogen and oxygen atoms in total. The molecule has 1 saturated heterocycles. The molecule has 0 aromatic heterocycles. The molecule has 3 N–H and O–H groups in total. The van der Waals surface area contributed by atoms with Gasteiger partial charge in [0.2, 0.25) is 5.91 Å². The van der Waals surface area contributed by atoms with E-state index < -0.39 is 46.8 Å². The molecule has 1 atom stereocenters. The molecular weight excluding hydrogens is 497 g/mol. The molecule has 37 heavy (non-hydrogen) atoms. The highest BCUT2D eigenvalue weighted by atomic mass is 19.4. The number of anilines is 2. The van der Waals surface area contributed by atoms with Crippen LogP contribution in [0.25, 0.3) is 0 Å². The Balaban J connectivity index is 1.61. The normalized spacial score (nSPS) is 15.4. The highest BCUT2D eigenvalue weighted by Crippen LogP contribution is 2.35. The lowest BCUT2D eigenvalue weighted by Gasteiger charge is -2.16. The molecule has 0 saturated carbocycles. The second-order valence-corrected chi connectivity index (χ2v) is 8.51. The molecule has 194 valence electrons. The van der Waals surface area contributed by atoms with Crippen molar-refractivity contribution in [2.45, 2.75) is 32.0 Å². The number of hydrogen-bond acceptors (Lipinski definition) is 4. The highest BCUT2D eigenvalue weighted by Gasteiger charge is 2.32. The summed E-state index contributed by atoms with van der Waals surface area (Å²) in [7, 11) is 0. The third kappa shape index (κ3) is 6.23. The highest BCUT2D eigenvalue weighted by molar-refractivity contribution is 6.07. The van der Waals surface area contributed by atoms with Crippen LogP contribution in [-0.4, -0.2) is 24.4 Å². The van der Waals surface area contributed by atoms with Gasteiger partial charge in [-0.3, -0.25) is 9.59 Å². The van der Waals surface area contributed by atoms with Gasteiger partial charge in [0.05, 0.1) is 22.9 Å². The van der Waals surface area contributed by atoms with E-state index in [1.165, 1.54) is 31.2 Å². The summed E-state index contributed by atoms with van der Waals surface area (Å²) in [5.41, 5.74) is -1.34. The molecule has 1 aliphatic heterocycles. The maximum absolute atomic E-state index is 14.3. The number of carbonyl (C=O) groups is 2. The van der Waals surface area contributed by atoms with E-state index in [-0.39, 0.29) is 22.9 Å². The van der Waals surface area contributed by atoms with Gasteiger partial charge in [-0.25, -0.2) is 8.78 Å². The number of alkyl halides is 3. The smallest absolute Gasteiger partial charge is 0.416 e. The molecule has 1 aliphatic rings. The van der Waals surface area contributed by atoms with Gasteiger partial charge < -0.3 is 20.7 Å². The van der Waals surface area contributed by atoms with Gasteiger partial charge in [0.1, 0.15) is 23.1 Å². The third-order valence-corrected chi connectivity index (χ3v) is 5.77. The Kier molecular flexibility index (Phi) is 7.44. The maximum Gasteiger partial charge on any atom is 0.416 e. The van der Waals surface area contributed by atoms with Crippen LogP contribution in [-0.2, 0) is 11.0 Å². The van der Waals surface area contributed by atoms with E-state index >= 15 is 0 Å². The van der Waals surface area contributed by atoms with Crippen molar-refractivity contribution in [3.63, 3.8) is 0 Å². The van der Waals surface area contributed by atoms with Gasteiger partial charge >= 0.3 is 6.18 Å². The summed E-state index contributed by atoms with van der Waals surface area (Å²) >= 11 is 0. The van der Waals surface area contributed by atoms with Crippen LogP contribution in [0.15, 0.2) is 54.6 Å². The summed E-state index contributed by atoms with van der Waals surface area (Å²) in [6.07, 6.45) is -3.34. The average molecular weight is 519 g/mol. The summed E-state index contributed by atoms with van der Waals surface area (Å²) < 4.78 is 73.5. The van der Waals surface area contributed by atoms with E-state index in [0.717, 1.165) is 30.7 Å². The van der Waals surface area contributed by atoms with Crippen molar-refractivity contribution in [1.82, 2.24) is 5.32 Å². The van der Waals surface area contributed by atoms with Crippen molar-refractivity contribution < 1.29 is 36.3 Å². The van der Waals surface area contributed by atoms with Crippen molar-refractivity contribution in [3.05, 3.63) is 82.9 Å². The first-order chi connectivity index (χ1) is 17.5. The summed E-state index contributed by atoms with van der Waals surface area (Å²) in [4.78, 5) is 25.4. The second-order valence-electron chi connectivity index (χ2n) is 8.51. The summed E-state index contributed by atoms with van der Waals surface area (Å²) in [5.74, 6) is -2.76. The van der Waals surface area contributed by atoms with Crippen LogP contribution in [0, 0.1) is 18.6 Å². The van der Waals surface area contributed by atoms with Gasteiger partial charge in [0, 0.05) is 5.69 Å². The second kappa shape index (κ2) is 10.6. The molecule has 4 rings (SSSR count). The lowest BCUT2D eigenvalue weighted by molar-refractivity contribution is -0.137. The van der Waals surface area contributed by atoms with E-state index in [1.807, 2.05) is 0 Å². The Labute approximate surface area is 208 Å². The van der Waals surface area contributed by atoms with E-state index in [2.05, 4.69) is 16.0 Å². The Bertz CT molecular complexity index is 1340. The van der Waals surface area contributed by atoms with E-state index in [1.54, 1.807) is 0 Å². The molecule has 11 heteroatoms. The van der Waals surface area contributed by atoms with Gasteiger partial charge in [0.15, 0.2) is 0 Å². The first-order valence-electron chi connectivity index (χ1n) is 11.3. The molecule has 1 heterocycles. The maximum atomic E-state index is 14.3. The standard InChI is InChI=1S/C26H22F5N3O3/c1-14-11-16(27)5-9-22(14)37-23-8-4-15(26(29,30)31)12-18(23)24(35)33-17-6-7-19(28)21(13-17)34-25(36)20-3-2-10-32-20/h4-9,11-13,20,32H,2-3,10H2,1H3,(H,33,35)(H,34,36). The molecule has 2 amide bonds. The van der Waals surface area contributed by atoms with Gasteiger partial charge in [0.25, 0.3) is 5.91 Å². The first kappa shape index (κ1) is 26.1. The fourth-order valence-electron chi connectivity index (χ4n) is 3.84. The number of rotatable bonds is 6. The average Bonchev–Trinajstić information content (AvgIpc) is 3.38. The van der Waals surface area contributed by atoms with Crippen LogP contribution < -0.4 is 20.7 Å². The minimum atomic E-state index is -4.74. The fourth-order valence-corrected chi connectivity index (χ4v) is 3.84. The Morgan fingerprint density at radius 2 is 1.73 bits per heavy atom. The number of carbonyl (C=O) groups excluding carboxylic acids is 2. The summed E-state index contributed by atoms with van der Waals surface area (Å²) in [5, 5.41) is 7.86. The predicted octanol–water partition coefficient (Wildman–Crippen LogP) is 6.03. The monoisotopic (exact) mass is 519 g/mol. The number of benzene rings is 3. The minimum absolute atomic E-state index is 0.0300. The number of nitrogens with one attached hydrogen (secondary N) is 3. The van der Waals surface area contributed by atoms with Gasteiger partial charge in [-0.15, -0.1) is 0 Å². The predicted molar refractivity (Wildman–Crippen MR) is 127 cm³/mol. The topological polar surface area (TPSA) is 79.5 Å². The summed E-state index contributed by atoms with van der Waals surface area (Å²) in [6.45, 7) is 2.20. The first-order valence-corrected chi connectivity index (χ1v) is 11.3. The number of halogens is 5. The fraction of sp³-hybridized carbons (Fsp3) is 0.231. The zero-order valence-corrected chi connectivity index (χ0v) is 19.5. The lowest BCUT2D eigenvalue weighted by Crippen LogP contribution is -2.35. The van der Waals surface area contributed by atoms with Gasteiger partial charge in [-0.1, -0.05) is 0 Å². The van der Waals surface area contributed by atoms with E-state index in [9.17, 15) is 31.5 Å². The van der Waals surface area contributed by atoms with Crippen molar-refractivity contribution >= 4 is 23.2 Å². The van der Waals surface area contributed by atoms with Crippen LogP contribution in [0.1, 0.15) is 34.3 Å². The minimum Gasteiger partial charge on any atom is -0.456 e. The SMILES string of the molecule is Cc1cc(F)ccc1Oc1ccc(C(F)(F)F)cc1C(=O)Nc1ccc(F)c(NC(=O)C2CCCN2)c1. The molecule has 3 aromatic rings. The molecule has 0 radical (unpaired) electrons. The molecule has 0 spiro atoms. The van der Waals surface area contributed by atoms with Crippen LogP contribution in [0.2, 0.25) is 0 Å². The van der Waals surface area contributed by atoms with E-state index in [0.29, 0.717) is 24.6 Å². The van der Waals surface area contributed by atoms with Crippen LogP contribution in [0.4, 0.5) is 33.3 Å². The Hall–Kier alpha value is -3.99. The van der Waals surface area contributed by atoms with E-state index in [4.69, 9.17) is 4.74 Å². The van der Waals surface area contributed by atoms with Crippen LogP contribution >= 0.6 is 0 Å². The van der Waals surface area contributed by atoms with Gasteiger partial charge in [-0.2, -0.15) is 13.2 Å². The molecule has 0 bridgehead atoms. The lowest BCUT2D eigenvalue weighted by atomic mass is 10.1. The molecule has 0 aliphatic carbocycles. The molecule has 1 unspecified atom stereocenters. The zero-order chi connectivity index (χ0) is 26.7. The largest absolute Gasteiger partial charge is 0.456 e.